The molecule has 15 heavy (non-hydrogen) atoms. The number of aliphatic imine (C=N–C) groups is 1. The summed E-state index contributed by atoms with van der Waals surface area (Å²) < 4.78 is 0. The molecular weight excluding hydrogens is 184 g/mol. The molecule has 1 fully saturated rings. The Bertz CT molecular complexity index is 246. The molecule has 1 atom stereocenters. The van der Waals surface area contributed by atoms with E-state index in [1.165, 1.54) is 25.7 Å². The van der Waals surface area contributed by atoms with Gasteiger partial charge in [0, 0.05) is 5.41 Å². The van der Waals surface area contributed by atoms with Crippen LogP contribution in [0.4, 0.5) is 0 Å². The van der Waals surface area contributed by atoms with Crippen molar-refractivity contribution >= 4 is 5.84 Å². The van der Waals surface area contributed by atoms with E-state index in [0.29, 0.717) is 11.5 Å². The molecule has 0 bridgehead atoms. The largest absolute Gasteiger partial charge is 0.387 e. The number of hydrogen-bond donors (Lipinski definition) is 1. The first-order valence-corrected chi connectivity index (χ1v) is 6.04. The van der Waals surface area contributed by atoms with Crippen LogP contribution >= 0.6 is 0 Å². The van der Waals surface area contributed by atoms with Crippen LogP contribution in [-0.2, 0) is 0 Å². The predicted molar refractivity (Wildman–Crippen MR) is 67.1 cm³/mol. The molecule has 0 spiro atoms. The second-order valence-corrected chi connectivity index (χ2v) is 6.68. The lowest BCUT2D eigenvalue weighted by Gasteiger charge is -2.34. The van der Waals surface area contributed by atoms with Crippen molar-refractivity contribution in [1.82, 2.24) is 0 Å². The van der Waals surface area contributed by atoms with Crippen molar-refractivity contribution in [3.8, 4) is 0 Å². The van der Waals surface area contributed by atoms with E-state index < -0.39 is 0 Å². The van der Waals surface area contributed by atoms with Gasteiger partial charge in [-0.25, -0.2) is 0 Å². The summed E-state index contributed by atoms with van der Waals surface area (Å²) in [6.07, 6.45) is 5.01. The second kappa shape index (κ2) is 4.15. The Balaban J connectivity index is 2.66. The van der Waals surface area contributed by atoms with Gasteiger partial charge in [0.05, 0.1) is 11.9 Å². The number of nitrogens with two attached hydrogens (primary N) is 1. The maximum atomic E-state index is 6.02. The van der Waals surface area contributed by atoms with Crippen molar-refractivity contribution in [1.29, 1.82) is 0 Å². The minimum absolute atomic E-state index is 0.0155. The molecule has 0 saturated heterocycles. The molecule has 0 aromatic carbocycles. The highest BCUT2D eigenvalue weighted by Gasteiger charge is 2.28. The molecule has 2 heteroatoms. The zero-order chi connectivity index (χ0) is 11.7. The van der Waals surface area contributed by atoms with Gasteiger partial charge in [-0.2, -0.15) is 0 Å². The average molecular weight is 210 g/mol. The third kappa shape index (κ3) is 3.84. The number of hydrogen-bond acceptors (Lipinski definition) is 1. The Morgan fingerprint density at radius 1 is 1.33 bits per heavy atom. The highest BCUT2D eigenvalue weighted by Crippen LogP contribution is 2.36. The molecule has 0 amide bonds. The van der Waals surface area contributed by atoms with Crippen LogP contribution in [0.5, 0.6) is 0 Å². The zero-order valence-corrected chi connectivity index (χ0v) is 10.9. The van der Waals surface area contributed by atoms with E-state index in [-0.39, 0.29) is 5.41 Å². The SMILES string of the molecule is CC1(C)CCCC(N=C(N)C(C)(C)C)C1. The highest BCUT2D eigenvalue weighted by molar-refractivity contribution is 5.85. The van der Waals surface area contributed by atoms with E-state index >= 15 is 0 Å². The van der Waals surface area contributed by atoms with E-state index in [1.807, 2.05) is 0 Å². The maximum Gasteiger partial charge on any atom is 0.0994 e. The van der Waals surface area contributed by atoms with Crippen LogP contribution < -0.4 is 5.73 Å². The topological polar surface area (TPSA) is 38.4 Å². The number of nitrogens with zero attached hydrogens (tertiary/aromatic N) is 1. The molecule has 1 aliphatic rings. The monoisotopic (exact) mass is 210 g/mol. The van der Waals surface area contributed by atoms with Crippen molar-refractivity contribution < 1.29 is 0 Å². The predicted octanol–water partition coefficient (Wildman–Crippen LogP) is 3.36. The maximum absolute atomic E-state index is 6.02. The summed E-state index contributed by atoms with van der Waals surface area (Å²) >= 11 is 0. The summed E-state index contributed by atoms with van der Waals surface area (Å²) in [6.45, 7) is 11.0. The van der Waals surface area contributed by atoms with Gasteiger partial charge in [-0.05, 0) is 24.7 Å². The average Bonchev–Trinajstić information content (AvgIpc) is 2.00. The van der Waals surface area contributed by atoms with E-state index in [2.05, 4.69) is 34.6 Å². The molecule has 1 rings (SSSR count). The van der Waals surface area contributed by atoms with Crippen LogP contribution in [0.3, 0.4) is 0 Å². The second-order valence-electron chi connectivity index (χ2n) is 6.68. The lowest BCUT2D eigenvalue weighted by molar-refractivity contribution is 0.221. The summed E-state index contributed by atoms with van der Waals surface area (Å²) in [6, 6.07) is 0.452. The lowest BCUT2D eigenvalue weighted by Crippen LogP contribution is -2.33. The third-order valence-corrected chi connectivity index (χ3v) is 3.27. The van der Waals surface area contributed by atoms with Crippen LogP contribution in [0, 0.1) is 10.8 Å². The molecule has 2 nitrogen and oxygen atoms in total. The van der Waals surface area contributed by atoms with E-state index in [0.717, 1.165) is 5.84 Å². The molecule has 0 aromatic rings. The molecule has 0 heterocycles. The number of rotatable bonds is 1. The molecule has 1 unspecified atom stereocenters. The molecule has 88 valence electrons. The van der Waals surface area contributed by atoms with Gasteiger partial charge in [0.25, 0.3) is 0 Å². The molecule has 1 saturated carbocycles. The first kappa shape index (κ1) is 12.5. The van der Waals surface area contributed by atoms with Gasteiger partial charge in [0.15, 0.2) is 0 Å². The fourth-order valence-corrected chi connectivity index (χ4v) is 2.16. The lowest BCUT2D eigenvalue weighted by atomic mass is 9.75. The summed E-state index contributed by atoms with van der Waals surface area (Å²) in [4.78, 5) is 4.70. The van der Waals surface area contributed by atoms with Gasteiger partial charge in [-0.1, -0.05) is 41.0 Å². The molecule has 0 aromatic heterocycles. The van der Waals surface area contributed by atoms with E-state index in [9.17, 15) is 0 Å². The number of amidine groups is 1. The van der Waals surface area contributed by atoms with Crippen molar-refractivity contribution in [2.24, 2.45) is 21.6 Å². The first-order valence-electron chi connectivity index (χ1n) is 6.04. The fraction of sp³-hybridized carbons (Fsp3) is 0.923. The van der Waals surface area contributed by atoms with E-state index in [1.54, 1.807) is 0 Å². The normalized spacial score (nSPS) is 27.8. The summed E-state index contributed by atoms with van der Waals surface area (Å²) in [5, 5.41) is 0. The smallest absolute Gasteiger partial charge is 0.0994 e. The Morgan fingerprint density at radius 2 is 1.93 bits per heavy atom. The summed E-state index contributed by atoms with van der Waals surface area (Å²) in [5.41, 5.74) is 6.48. The molecule has 2 N–H and O–H groups in total. The van der Waals surface area contributed by atoms with Crippen molar-refractivity contribution in [3.05, 3.63) is 0 Å². The molecule has 0 aliphatic heterocycles. The first-order chi connectivity index (χ1) is 6.71. The van der Waals surface area contributed by atoms with Crippen LogP contribution in [0.15, 0.2) is 4.99 Å². The van der Waals surface area contributed by atoms with Gasteiger partial charge >= 0.3 is 0 Å². The fourth-order valence-electron chi connectivity index (χ4n) is 2.16. The minimum Gasteiger partial charge on any atom is -0.387 e. The van der Waals surface area contributed by atoms with Gasteiger partial charge in [0.1, 0.15) is 0 Å². The minimum atomic E-state index is 0.0155. The van der Waals surface area contributed by atoms with Crippen molar-refractivity contribution in [2.75, 3.05) is 0 Å². The summed E-state index contributed by atoms with van der Waals surface area (Å²) in [7, 11) is 0. The van der Waals surface area contributed by atoms with Crippen molar-refractivity contribution in [2.45, 2.75) is 66.3 Å². The molecule has 1 aliphatic carbocycles. The summed E-state index contributed by atoms with van der Waals surface area (Å²) in [5.74, 6) is 0.810. The van der Waals surface area contributed by atoms with Gasteiger partial charge in [0.2, 0.25) is 0 Å². The Kier molecular flexibility index (Phi) is 3.47. The standard InChI is InChI=1S/C13H26N2/c1-12(2,3)11(14)15-10-7-6-8-13(4,5)9-10/h10H,6-9H2,1-5H3,(H2,14,15). The quantitative estimate of drug-likeness (QED) is 0.523. The highest BCUT2D eigenvalue weighted by atomic mass is 14.9. The van der Waals surface area contributed by atoms with Crippen molar-refractivity contribution in [3.63, 3.8) is 0 Å². The van der Waals surface area contributed by atoms with Gasteiger partial charge in [-0.15, -0.1) is 0 Å². The Hall–Kier alpha value is -0.530. The van der Waals surface area contributed by atoms with Crippen LogP contribution in [0.2, 0.25) is 0 Å². The van der Waals surface area contributed by atoms with Crippen LogP contribution in [0.1, 0.15) is 60.3 Å². The molecule has 0 radical (unpaired) electrons. The Labute approximate surface area is 94.3 Å². The third-order valence-electron chi connectivity index (χ3n) is 3.27. The van der Waals surface area contributed by atoms with Crippen LogP contribution in [-0.4, -0.2) is 11.9 Å². The molecular formula is C13H26N2. The Morgan fingerprint density at radius 3 is 2.40 bits per heavy atom. The van der Waals surface area contributed by atoms with E-state index in [4.69, 9.17) is 10.7 Å². The van der Waals surface area contributed by atoms with Gasteiger partial charge < -0.3 is 5.73 Å². The zero-order valence-electron chi connectivity index (χ0n) is 10.9. The van der Waals surface area contributed by atoms with Crippen LogP contribution in [0.25, 0.3) is 0 Å². The van der Waals surface area contributed by atoms with Gasteiger partial charge in [-0.3, -0.25) is 4.99 Å².